The molecule has 162 valence electrons. The Morgan fingerprint density at radius 2 is 1.86 bits per heavy atom. The van der Waals surface area contributed by atoms with E-state index < -0.39 is 0 Å². The first kappa shape index (κ1) is 21.3. The van der Waals surface area contributed by atoms with Crippen LogP contribution in [0.3, 0.4) is 0 Å². The number of ether oxygens (including phenoxy) is 1. The average Bonchev–Trinajstić information content (AvgIpc) is 3.07. The molecule has 1 heterocycles. The second-order valence-electron chi connectivity index (χ2n) is 10.7. The Morgan fingerprint density at radius 3 is 2.59 bits per heavy atom. The van der Waals surface area contributed by atoms with Gasteiger partial charge in [-0.15, -0.1) is 0 Å². The first-order valence-corrected chi connectivity index (χ1v) is 12.1. The highest BCUT2D eigenvalue weighted by Crippen LogP contribution is 2.48. The monoisotopic (exact) mass is 401 g/mol. The van der Waals surface area contributed by atoms with E-state index in [0.29, 0.717) is 18.1 Å². The zero-order valence-corrected chi connectivity index (χ0v) is 18.7. The molecule has 0 radical (unpaired) electrons. The van der Waals surface area contributed by atoms with Crippen LogP contribution < -0.4 is 5.32 Å². The van der Waals surface area contributed by atoms with Crippen LogP contribution >= 0.6 is 0 Å². The molecular weight excluding hydrogens is 361 g/mol. The normalized spacial score (nSPS) is 34.1. The molecule has 0 amide bonds. The summed E-state index contributed by atoms with van der Waals surface area (Å²) in [6.45, 7) is 7.10. The predicted molar refractivity (Wildman–Crippen MR) is 117 cm³/mol. The zero-order chi connectivity index (χ0) is 20.4. The molecule has 4 rings (SSSR count). The molecular formula is C26H40FNO. The van der Waals surface area contributed by atoms with Gasteiger partial charge in [-0.2, -0.15) is 0 Å². The van der Waals surface area contributed by atoms with Crippen LogP contribution in [-0.2, 0) is 4.74 Å². The largest absolute Gasteiger partial charge is 0.357 e. The molecule has 3 fully saturated rings. The Hall–Kier alpha value is -0.930. The number of nitrogens with one attached hydrogen (secondary N) is 1. The highest BCUT2D eigenvalue weighted by Gasteiger charge is 2.37. The Kier molecular flexibility index (Phi) is 6.65. The first-order valence-electron chi connectivity index (χ1n) is 12.1. The van der Waals surface area contributed by atoms with Gasteiger partial charge in [0.15, 0.2) is 0 Å². The highest BCUT2D eigenvalue weighted by atomic mass is 19.1. The topological polar surface area (TPSA) is 21.3 Å². The molecule has 0 spiro atoms. The van der Waals surface area contributed by atoms with E-state index >= 15 is 0 Å². The Morgan fingerprint density at radius 1 is 1.07 bits per heavy atom. The summed E-state index contributed by atoms with van der Waals surface area (Å²) in [7, 11) is 0. The number of hydrogen-bond acceptors (Lipinski definition) is 2. The highest BCUT2D eigenvalue weighted by molar-refractivity contribution is 5.29. The fourth-order valence-corrected chi connectivity index (χ4v) is 6.14. The zero-order valence-electron chi connectivity index (χ0n) is 18.7. The van der Waals surface area contributed by atoms with Gasteiger partial charge in [0.1, 0.15) is 12.0 Å². The van der Waals surface area contributed by atoms with Crippen molar-refractivity contribution in [3.63, 3.8) is 0 Å². The summed E-state index contributed by atoms with van der Waals surface area (Å²) in [6, 6.07) is 5.92. The standard InChI is InChI=1S/C26H40FNO/c1-4-5-6-7-18-8-9-20-15-21(11-10-19(20)14-18)22-12-13-23(24(27)16-22)25-28-26(2,3)17-29-25/h12-13,16,18-21,25,28H,4-11,14-15,17H2,1-3H3/t18?,19-,20-,21-,25?/m1/s1. The van der Waals surface area contributed by atoms with E-state index in [4.69, 9.17) is 4.74 Å². The molecule has 0 aromatic heterocycles. The third-order valence-corrected chi connectivity index (χ3v) is 7.85. The van der Waals surface area contributed by atoms with Gasteiger partial charge in [-0.25, -0.2) is 4.39 Å². The Bertz CT molecular complexity index is 687. The van der Waals surface area contributed by atoms with Crippen LogP contribution in [0.1, 0.15) is 108 Å². The van der Waals surface area contributed by atoms with Gasteiger partial charge >= 0.3 is 0 Å². The molecule has 2 aliphatic carbocycles. The van der Waals surface area contributed by atoms with Gasteiger partial charge in [0.05, 0.1) is 6.61 Å². The molecule has 1 saturated heterocycles. The SMILES string of the molecule is CCCCCC1CC[C@@H]2C[C@H](c3ccc(C4NC(C)(C)CO4)c(F)c3)CC[C@@H]2C1. The number of hydrogen-bond donors (Lipinski definition) is 1. The van der Waals surface area contributed by atoms with Crippen molar-refractivity contribution in [2.45, 2.75) is 103 Å². The molecule has 2 nitrogen and oxygen atoms in total. The lowest BCUT2D eigenvalue weighted by atomic mass is 9.63. The molecule has 3 heteroatoms. The molecule has 1 N–H and O–H groups in total. The second kappa shape index (κ2) is 9.06. The lowest BCUT2D eigenvalue weighted by Crippen LogP contribution is -2.36. The summed E-state index contributed by atoms with van der Waals surface area (Å²) in [4.78, 5) is 0. The van der Waals surface area contributed by atoms with Crippen molar-refractivity contribution in [3.05, 3.63) is 35.1 Å². The summed E-state index contributed by atoms with van der Waals surface area (Å²) >= 11 is 0. The van der Waals surface area contributed by atoms with Gasteiger partial charge in [0.2, 0.25) is 0 Å². The molecule has 3 aliphatic rings. The smallest absolute Gasteiger partial charge is 0.137 e. The summed E-state index contributed by atoms with van der Waals surface area (Å²) in [5.41, 5.74) is 1.76. The van der Waals surface area contributed by atoms with Crippen LogP contribution in [0.4, 0.5) is 4.39 Å². The minimum Gasteiger partial charge on any atom is -0.357 e. The summed E-state index contributed by atoms with van der Waals surface area (Å²) < 4.78 is 20.7. The molecule has 2 unspecified atom stereocenters. The molecule has 5 atom stereocenters. The summed E-state index contributed by atoms with van der Waals surface area (Å²) in [6.07, 6.45) is 13.4. The second-order valence-corrected chi connectivity index (χ2v) is 10.7. The predicted octanol–water partition coefficient (Wildman–Crippen LogP) is 7.10. The Labute approximate surface area is 177 Å². The van der Waals surface area contributed by atoms with E-state index in [0.717, 1.165) is 17.8 Å². The average molecular weight is 402 g/mol. The van der Waals surface area contributed by atoms with E-state index in [1.807, 2.05) is 6.07 Å². The van der Waals surface area contributed by atoms with Crippen molar-refractivity contribution in [2.24, 2.45) is 17.8 Å². The quantitative estimate of drug-likeness (QED) is 0.513. The molecule has 2 saturated carbocycles. The van der Waals surface area contributed by atoms with Crippen molar-refractivity contribution in [1.29, 1.82) is 0 Å². The maximum Gasteiger partial charge on any atom is 0.137 e. The fourth-order valence-electron chi connectivity index (χ4n) is 6.14. The van der Waals surface area contributed by atoms with Crippen LogP contribution in [0, 0.1) is 23.6 Å². The van der Waals surface area contributed by atoms with Gasteiger partial charge in [-0.1, -0.05) is 51.2 Å². The third-order valence-electron chi connectivity index (χ3n) is 7.85. The van der Waals surface area contributed by atoms with Gasteiger partial charge in [-0.3, -0.25) is 5.32 Å². The van der Waals surface area contributed by atoms with E-state index in [1.54, 1.807) is 6.07 Å². The number of benzene rings is 1. The van der Waals surface area contributed by atoms with Gasteiger partial charge < -0.3 is 4.74 Å². The number of fused-ring (bicyclic) bond motifs is 1. The van der Waals surface area contributed by atoms with E-state index in [-0.39, 0.29) is 17.6 Å². The summed E-state index contributed by atoms with van der Waals surface area (Å²) in [5, 5.41) is 3.38. The van der Waals surface area contributed by atoms with Gasteiger partial charge in [-0.05, 0) is 81.3 Å². The Balaban J connectivity index is 1.34. The maximum absolute atomic E-state index is 14.9. The van der Waals surface area contributed by atoms with E-state index in [9.17, 15) is 4.39 Å². The number of unbranched alkanes of at least 4 members (excludes halogenated alkanes) is 2. The van der Waals surface area contributed by atoms with Crippen molar-refractivity contribution in [3.8, 4) is 0 Å². The minimum atomic E-state index is -0.322. The molecule has 29 heavy (non-hydrogen) atoms. The summed E-state index contributed by atoms with van der Waals surface area (Å²) in [5.74, 6) is 3.18. The van der Waals surface area contributed by atoms with Crippen molar-refractivity contribution in [2.75, 3.05) is 6.61 Å². The van der Waals surface area contributed by atoms with Crippen molar-refractivity contribution in [1.82, 2.24) is 5.32 Å². The van der Waals surface area contributed by atoms with E-state index in [1.165, 1.54) is 69.8 Å². The van der Waals surface area contributed by atoms with E-state index in [2.05, 4.69) is 32.2 Å². The third kappa shape index (κ3) is 5.05. The van der Waals surface area contributed by atoms with Crippen LogP contribution in [-0.4, -0.2) is 12.1 Å². The molecule has 1 aliphatic heterocycles. The number of halogens is 1. The van der Waals surface area contributed by atoms with Crippen molar-refractivity contribution >= 4 is 0 Å². The van der Waals surface area contributed by atoms with Gasteiger partial charge in [0, 0.05) is 11.1 Å². The molecule has 1 aromatic carbocycles. The lowest BCUT2D eigenvalue weighted by Gasteiger charge is -2.42. The maximum atomic E-state index is 14.9. The molecule has 0 bridgehead atoms. The lowest BCUT2D eigenvalue weighted by molar-refractivity contribution is 0.0958. The molecule has 1 aromatic rings. The van der Waals surface area contributed by atoms with Crippen molar-refractivity contribution < 1.29 is 9.13 Å². The first-order chi connectivity index (χ1) is 13.9. The van der Waals surface area contributed by atoms with Crippen LogP contribution in [0.25, 0.3) is 0 Å². The number of rotatable bonds is 6. The van der Waals surface area contributed by atoms with Gasteiger partial charge in [0.25, 0.3) is 0 Å². The minimum absolute atomic E-state index is 0.0937. The van der Waals surface area contributed by atoms with Crippen LogP contribution in [0.2, 0.25) is 0 Å². The van der Waals surface area contributed by atoms with Crippen LogP contribution in [0.5, 0.6) is 0 Å². The fraction of sp³-hybridized carbons (Fsp3) is 0.769. The van der Waals surface area contributed by atoms with Crippen LogP contribution in [0.15, 0.2) is 18.2 Å².